The van der Waals surface area contributed by atoms with Gasteiger partial charge in [0.2, 0.25) is 0 Å². The fourth-order valence-corrected chi connectivity index (χ4v) is 1.97. The van der Waals surface area contributed by atoms with Crippen molar-refractivity contribution in [3.63, 3.8) is 0 Å². The number of aromatic nitrogens is 2. The molecule has 3 heteroatoms. The van der Waals surface area contributed by atoms with Gasteiger partial charge in [-0.1, -0.05) is 0 Å². The minimum atomic E-state index is 0.599. The first-order valence-corrected chi connectivity index (χ1v) is 4.78. The second-order valence-corrected chi connectivity index (χ2v) is 3.62. The van der Waals surface area contributed by atoms with Gasteiger partial charge in [0.1, 0.15) is 5.82 Å². The minimum absolute atomic E-state index is 0.599. The van der Waals surface area contributed by atoms with Gasteiger partial charge in [0, 0.05) is 18.7 Å². The third kappa shape index (κ3) is 1.56. The van der Waals surface area contributed by atoms with Gasteiger partial charge in [-0.25, -0.2) is 9.97 Å². The molecule has 0 aromatic carbocycles. The Hall–Kier alpha value is -0.960. The second-order valence-electron chi connectivity index (χ2n) is 3.62. The van der Waals surface area contributed by atoms with E-state index in [9.17, 15) is 0 Å². The normalized spacial score (nSPS) is 20.3. The Kier molecular flexibility index (Phi) is 2.27. The minimum Gasteiger partial charge on any atom is -0.319 e. The zero-order valence-electron chi connectivity index (χ0n) is 8.17. The molecule has 2 rings (SSSR count). The summed E-state index contributed by atoms with van der Waals surface area (Å²) in [5.41, 5.74) is 2.60. The molecule has 0 saturated carbocycles. The Morgan fingerprint density at radius 1 is 1.62 bits per heavy atom. The highest BCUT2D eigenvalue weighted by Crippen LogP contribution is 2.30. The molecule has 70 valence electrons. The number of hydrogen-bond acceptors (Lipinski definition) is 3. The van der Waals surface area contributed by atoms with Crippen molar-refractivity contribution in [1.82, 2.24) is 15.3 Å². The van der Waals surface area contributed by atoms with Crippen LogP contribution in [0.3, 0.4) is 0 Å². The maximum absolute atomic E-state index is 4.50. The van der Waals surface area contributed by atoms with Crippen LogP contribution in [0.25, 0.3) is 0 Å². The molecule has 1 aliphatic carbocycles. The van der Waals surface area contributed by atoms with Gasteiger partial charge >= 0.3 is 0 Å². The van der Waals surface area contributed by atoms with Crippen molar-refractivity contribution in [2.75, 3.05) is 13.6 Å². The monoisotopic (exact) mass is 177 g/mol. The Balaban J connectivity index is 2.29. The van der Waals surface area contributed by atoms with Crippen LogP contribution in [0, 0.1) is 6.92 Å². The lowest BCUT2D eigenvalue weighted by molar-refractivity contribution is 0.611. The number of nitrogens with one attached hydrogen (secondary N) is 1. The lowest BCUT2D eigenvalue weighted by atomic mass is 10.1. The molecule has 1 unspecified atom stereocenters. The quantitative estimate of drug-likeness (QED) is 0.733. The zero-order chi connectivity index (χ0) is 9.26. The van der Waals surface area contributed by atoms with E-state index in [4.69, 9.17) is 0 Å². The highest BCUT2D eigenvalue weighted by Gasteiger charge is 2.23. The number of aryl methyl sites for hydroxylation is 2. The van der Waals surface area contributed by atoms with E-state index in [0.29, 0.717) is 5.92 Å². The number of hydrogen-bond donors (Lipinski definition) is 1. The number of likely N-dealkylation sites (N-methyl/N-ethyl adjacent to an activating group) is 1. The number of rotatable bonds is 2. The summed E-state index contributed by atoms with van der Waals surface area (Å²) in [6.45, 7) is 2.98. The fraction of sp³-hybridized carbons (Fsp3) is 0.600. The Morgan fingerprint density at radius 2 is 2.46 bits per heavy atom. The van der Waals surface area contributed by atoms with Crippen LogP contribution in [0.5, 0.6) is 0 Å². The molecule has 13 heavy (non-hydrogen) atoms. The van der Waals surface area contributed by atoms with E-state index < -0.39 is 0 Å². The summed E-state index contributed by atoms with van der Waals surface area (Å²) in [5.74, 6) is 1.49. The summed E-state index contributed by atoms with van der Waals surface area (Å²) in [6, 6.07) is 0. The predicted molar refractivity (Wildman–Crippen MR) is 51.8 cm³/mol. The first-order chi connectivity index (χ1) is 6.31. The molecule has 0 aliphatic heterocycles. The van der Waals surface area contributed by atoms with Crippen molar-refractivity contribution in [1.29, 1.82) is 0 Å². The molecule has 1 heterocycles. The lowest BCUT2D eigenvalue weighted by Gasteiger charge is -2.09. The standard InChI is InChI=1S/C10H15N3/c1-7-12-6-9-4-3-8(5-11-2)10(9)13-7/h6,8,11H,3-5H2,1-2H3. The van der Waals surface area contributed by atoms with Crippen molar-refractivity contribution in [2.24, 2.45) is 0 Å². The van der Waals surface area contributed by atoms with Gasteiger partial charge in [-0.3, -0.25) is 0 Å². The van der Waals surface area contributed by atoms with Crippen LogP contribution in [0.4, 0.5) is 0 Å². The smallest absolute Gasteiger partial charge is 0.125 e. The van der Waals surface area contributed by atoms with Crippen LogP contribution in [0.2, 0.25) is 0 Å². The summed E-state index contributed by atoms with van der Waals surface area (Å²) in [7, 11) is 1.99. The third-order valence-electron chi connectivity index (χ3n) is 2.62. The third-order valence-corrected chi connectivity index (χ3v) is 2.62. The molecule has 1 aromatic heterocycles. The fourth-order valence-electron chi connectivity index (χ4n) is 1.97. The van der Waals surface area contributed by atoms with E-state index in [1.54, 1.807) is 0 Å². The van der Waals surface area contributed by atoms with Crippen LogP contribution >= 0.6 is 0 Å². The van der Waals surface area contributed by atoms with E-state index in [0.717, 1.165) is 18.8 Å². The van der Waals surface area contributed by atoms with Gasteiger partial charge in [-0.2, -0.15) is 0 Å². The molecule has 3 nitrogen and oxygen atoms in total. The average Bonchev–Trinajstić information content (AvgIpc) is 2.49. The topological polar surface area (TPSA) is 37.8 Å². The summed E-state index contributed by atoms with van der Waals surface area (Å²) in [5, 5.41) is 3.21. The van der Waals surface area contributed by atoms with Gasteiger partial charge in [-0.15, -0.1) is 0 Å². The van der Waals surface area contributed by atoms with Crippen molar-refractivity contribution >= 4 is 0 Å². The molecular weight excluding hydrogens is 162 g/mol. The molecular formula is C10H15N3. The molecule has 1 atom stereocenters. The highest BCUT2D eigenvalue weighted by atomic mass is 14.9. The largest absolute Gasteiger partial charge is 0.319 e. The zero-order valence-corrected chi connectivity index (χ0v) is 8.17. The summed E-state index contributed by atoms with van der Waals surface area (Å²) < 4.78 is 0. The van der Waals surface area contributed by atoms with Crippen LogP contribution in [0.1, 0.15) is 29.4 Å². The van der Waals surface area contributed by atoms with Crippen molar-refractivity contribution in [2.45, 2.75) is 25.7 Å². The summed E-state index contributed by atoms with van der Waals surface area (Å²) in [4.78, 5) is 8.72. The number of fused-ring (bicyclic) bond motifs is 1. The maximum Gasteiger partial charge on any atom is 0.125 e. The van der Waals surface area contributed by atoms with Gasteiger partial charge < -0.3 is 5.32 Å². The van der Waals surface area contributed by atoms with Gasteiger partial charge in [0.25, 0.3) is 0 Å². The molecule has 0 amide bonds. The maximum atomic E-state index is 4.50. The Labute approximate surface area is 78.6 Å². The molecule has 1 aromatic rings. The molecule has 0 bridgehead atoms. The molecule has 0 spiro atoms. The van der Waals surface area contributed by atoms with E-state index in [-0.39, 0.29) is 0 Å². The molecule has 0 radical (unpaired) electrons. The predicted octanol–water partition coefficient (Wildman–Crippen LogP) is 1.03. The lowest BCUT2D eigenvalue weighted by Crippen LogP contribution is -2.16. The summed E-state index contributed by atoms with van der Waals surface area (Å²) in [6.07, 6.45) is 4.34. The second kappa shape index (κ2) is 3.42. The van der Waals surface area contributed by atoms with Gasteiger partial charge in [0.05, 0.1) is 5.69 Å². The van der Waals surface area contributed by atoms with E-state index >= 15 is 0 Å². The van der Waals surface area contributed by atoms with Crippen molar-refractivity contribution in [3.05, 3.63) is 23.3 Å². The SMILES string of the molecule is CNCC1CCc2cnc(C)nc21. The molecule has 1 N–H and O–H groups in total. The van der Waals surface area contributed by atoms with E-state index in [2.05, 4.69) is 15.3 Å². The number of nitrogens with zero attached hydrogens (tertiary/aromatic N) is 2. The summed E-state index contributed by atoms with van der Waals surface area (Å²) >= 11 is 0. The van der Waals surface area contributed by atoms with Gasteiger partial charge in [0.15, 0.2) is 0 Å². The van der Waals surface area contributed by atoms with Gasteiger partial charge in [-0.05, 0) is 32.4 Å². The molecule has 0 fully saturated rings. The van der Waals surface area contributed by atoms with Crippen LogP contribution < -0.4 is 5.32 Å². The Bertz CT molecular complexity index is 307. The van der Waals surface area contributed by atoms with E-state index in [1.807, 2.05) is 20.2 Å². The average molecular weight is 177 g/mol. The van der Waals surface area contributed by atoms with Crippen LogP contribution in [0.15, 0.2) is 6.20 Å². The van der Waals surface area contributed by atoms with Crippen molar-refractivity contribution in [3.8, 4) is 0 Å². The van der Waals surface area contributed by atoms with Crippen LogP contribution in [-0.2, 0) is 6.42 Å². The highest BCUT2D eigenvalue weighted by molar-refractivity contribution is 5.27. The molecule has 1 aliphatic rings. The first-order valence-electron chi connectivity index (χ1n) is 4.78. The Morgan fingerprint density at radius 3 is 3.23 bits per heavy atom. The first kappa shape index (κ1) is 8.63. The van der Waals surface area contributed by atoms with Crippen molar-refractivity contribution < 1.29 is 0 Å². The van der Waals surface area contributed by atoms with E-state index in [1.165, 1.54) is 17.7 Å². The van der Waals surface area contributed by atoms with Crippen LogP contribution in [-0.4, -0.2) is 23.6 Å². The molecule has 0 saturated heterocycles.